The van der Waals surface area contributed by atoms with E-state index in [9.17, 15) is 0 Å². The van der Waals surface area contributed by atoms with Crippen molar-refractivity contribution in [1.82, 2.24) is 14.9 Å². The van der Waals surface area contributed by atoms with Crippen LogP contribution in [-0.4, -0.2) is 54.7 Å². The molecule has 3 rings (SSSR count). The van der Waals surface area contributed by atoms with E-state index in [4.69, 9.17) is 10.5 Å². The van der Waals surface area contributed by atoms with E-state index in [-0.39, 0.29) is 0 Å². The van der Waals surface area contributed by atoms with Gasteiger partial charge in [-0.1, -0.05) is 12.1 Å². The summed E-state index contributed by atoms with van der Waals surface area (Å²) in [4.78, 5) is 13.2. The Kier molecular flexibility index (Phi) is 6.06. The van der Waals surface area contributed by atoms with Gasteiger partial charge < -0.3 is 15.4 Å². The highest BCUT2D eigenvalue weighted by atomic mass is 16.5. The van der Waals surface area contributed by atoms with Gasteiger partial charge in [-0.2, -0.15) is 0 Å². The topological polar surface area (TPSA) is 67.5 Å². The van der Waals surface area contributed by atoms with Crippen molar-refractivity contribution in [2.75, 3.05) is 50.5 Å². The normalized spacial score (nSPS) is 15.3. The first-order valence-corrected chi connectivity index (χ1v) is 8.92. The number of aryl methyl sites for hydroxylation is 1. The van der Waals surface area contributed by atoms with Crippen molar-refractivity contribution >= 4 is 11.5 Å². The first-order valence-electron chi connectivity index (χ1n) is 8.92. The lowest BCUT2D eigenvalue weighted by atomic mass is 10.1. The maximum Gasteiger partial charge on any atom is 0.179 e. The minimum absolute atomic E-state index is 0.749. The van der Waals surface area contributed by atoms with Gasteiger partial charge in [0.2, 0.25) is 0 Å². The number of aromatic nitrogens is 2. The van der Waals surface area contributed by atoms with Crippen molar-refractivity contribution in [2.45, 2.75) is 19.3 Å². The second kappa shape index (κ2) is 8.67. The molecule has 1 fully saturated rings. The molecule has 1 aromatic heterocycles. The second-order valence-electron chi connectivity index (χ2n) is 6.44. The van der Waals surface area contributed by atoms with E-state index >= 15 is 0 Å². The minimum Gasteiger partial charge on any atom is -0.491 e. The molecular formula is C19H27N5O. The van der Waals surface area contributed by atoms with Crippen LogP contribution >= 0.6 is 0 Å². The van der Waals surface area contributed by atoms with Gasteiger partial charge in [0.15, 0.2) is 11.6 Å². The summed E-state index contributed by atoms with van der Waals surface area (Å²) in [6.45, 7) is 5.24. The summed E-state index contributed by atoms with van der Waals surface area (Å²) in [7, 11) is 1.67. The Labute approximate surface area is 149 Å². The molecular weight excluding hydrogens is 314 g/mol. The van der Waals surface area contributed by atoms with Gasteiger partial charge in [-0.25, -0.2) is 9.97 Å². The number of ether oxygens (including phenoxy) is 1. The number of nitrogens with two attached hydrogens (primary N) is 1. The van der Waals surface area contributed by atoms with E-state index in [1.54, 1.807) is 19.6 Å². The van der Waals surface area contributed by atoms with Gasteiger partial charge in [0.25, 0.3) is 0 Å². The zero-order valence-corrected chi connectivity index (χ0v) is 14.9. The predicted molar refractivity (Wildman–Crippen MR) is 101 cm³/mol. The standard InChI is InChI=1S/C19H27N5O/c1-25-18-14-21-15-22-19(18)24-12-10-23(11-13-24)9-3-2-4-16-5-7-17(20)8-6-16/h5-8,14-15H,2-4,9-13,20H2,1H3. The van der Waals surface area contributed by atoms with E-state index in [1.165, 1.54) is 18.4 Å². The maximum atomic E-state index is 5.72. The van der Waals surface area contributed by atoms with Crippen LogP contribution in [0.2, 0.25) is 0 Å². The minimum atomic E-state index is 0.749. The van der Waals surface area contributed by atoms with Crippen molar-refractivity contribution in [3.63, 3.8) is 0 Å². The van der Waals surface area contributed by atoms with E-state index in [0.29, 0.717) is 0 Å². The third kappa shape index (κ3) is 4.82. The Morgan fingerprint density at radius 3 is 2.56 bits per heavy atom. The van der Waals surface area contributed by atoms with Crippen molar-refractivity contribution in [2.24, 2.45) is 0 Å². The van der Waals surface area contributed by atoms with Crippen molar-refractivity contribution < 1.29 is 4.74 Å². The average Bonchev–Trinajstić information content (AvgIpc) is 2.67. The van der Waals surface area contributed by atoms with E-state index < -0.39 is 0 Å². The van der Waals surface area contributed by atoms with Crippen LogP contribution in [0.5, 0.6) is 5.75 Å². The van der Waals surface area contributed by atoms with Crippen LogP contribution in [0.25, 0.3) is 0 Å². The Hall–Kier alpha value is -2.34. The molecule has 2 aromatic rings. The Morgan fingerprint density at radius 2 is 1.84 bits per heavy atom. The van der Waals surface area contributed by atoms with E-state index in [0.717, 1.165) is 56.4 Å². The summed E-state index contributed by atoms with van der Waals surface area (Å²) >= 11 is 0. The molecule has 0 aliphatic carbocycles. The molecule has 2 N–H and O–H groups in total. The molecule has 1 saturated heterocycles. The van der Waals surface area contributed by atoms with Crippen molar-refractivity contribution in [3.8, 4) is 5.75 Å². The third-order valence-corrected chi connectivity index (χ3v) is 4.72. The molecule has 0 saturated carbocycles. The number of nitrogens with zero attached hydrogens (tertiary/aromatic N) is 4. The van der Waals surface area contributed by atoms with Gasteiger partial charge >= 0.3 is 0 Å². The number of unbranched alkanes of at least 4 members (excludes halogenated alkanes) is 1. The maximum absolute atomic E-state index is 5.72. The second-order valence-corrected chi connectivity index (χ2v) is 6.44. The monoisotopic (exact) mass is 341 g/mol. The lowest BCUT2D eigenvalue weighted by Gasteiger charge is -2.35. The number of rotatable bonds is 7. The largest absolute Gasteiger partial charge is 0.491 e. The lowest BCUT2D eigenvalue weighted by molar-refractivity contribution is 0.251. The third-order valence-electron chi connectivity index (χ3n) is 4.72. The Balaban J connectivity index is 1.38. The molecule has 134 valence electrons. The van der Waals surface area contributed by atoms with Gasteiger partial charge in [0.05, 0.1) is 13.3 Å². The molecule has 0 radical (unpaired) electrons. The number of hydrogen-bond acceptors (Lipinski definition) is 6. The summed E-state index contributed by atoms with van der Waals surface area (Å²) in [5.74, 6) is 1.65. The molecule has 1 aliphatic rings. The van der Waals surface area contributed by atoms with Crippen LogP contribution in [0.15, 0.2) is 36.8 Å². The number of nitrogen functional groups attached to an aromatic ring is 1. The summed E-state index contributed by atoms with van der Waals surface area (Å²) in [5.41, 5.74) is 7.93. The van der Waals surface area contributed by atoms with Crippen LogP contribution in [0.4, 0.5) is 11.5 Å². The molecule has 0 spiro atoms. The Morgan fingerprint density at radius 1 is 1.08 bits per heavy atom. The molecule has 0 bridgehead atoms. The fourth-order valence-electron chi connectivity index (χ4n) is 3.22. The predicted octanol–water partition coefficient (Wildman–Crippen LogP) is 2.21. The van der Waals surface area contributed by atoms with Gasteiger partial charge in [-0.3, -0.25) is 4.90 Å². The van der Waals surface area contributed by atoms with Crippen molar-refractivity contribution in [1.29, 1.82) is 0 Å². The number of hydrogen-bond donors (Lipinski definition) is 1. The highest BCUT2D eigenvalue weighted by Crippen LogP contribution is 2.24. The molecule has 0 amide bonds. The summed E-state index contributed by atoms with van der Waals surface area (Å²) in [6.07, 6.45) is 6.87. The molecule has 2 heterocycles. The summed E-state index contributed by atoms with van der Waals surface area (Å²) in [5, 5.41) is 0. The van der Waals surface area contributed by atoms with Gasteiger partial charge in [0.1, 0.15) is 6.33 Å². The number of methoxy groups -OCH3 is 1. The van der Waals surface area contributed by atoms with E-state index in [2.05, 4.69) is 31.9 Å². The van der Waals surface area contributed by atoms with Gasteiger partial charge in [0, 0.05) is 31.9 Å². The Bertz CT molecular complexity index is 653. The first-order chi connectivity index (χ1) is 12.3. The number of piperazine rings is 1. The highest BCUT2D eigenvalue weighted by Gasteiger charge is 2.20. The van der Waals surface area contributed by atoms with E-state index in [1.807, 2.05) is 12.1 Å². The fourth-order valence-corrected chi connectivity index (χ4v) is 3.22. The fraction of sp³-hybridized carbons (Fsp3) is 0.474. The molecule has 0 unspecified atom stereocenters. The summed E-state index contributed by atoms with van der Waals surface area (Å²) in [6, 6.07) is 8.22. The van der Waals surface area contributed by atoms with Crippen molar-refractivity contribution in [3.05, 3.63) is 42.4 Å². The smallest absolute Gasteiger partial charge is 0.179 e. The summed E-state index contributed by atoms with van der Waals surface area (Å²) < 4.78 is 5.37. The molecule has 1 aliphatic heterocycles. The van der Waals surface area contributed by atoms with Crippen LogP contribution in [0, 0.1) is 0 Å². The SMILES string of the molecule is COc1cncnc1N1CCN(CCCCc2ccc(N)cc2)CC1. The first kappa shape index (κ1) is 17.5. The molecule has 6 heteroatoms. The zero-order chi connectivity index (χ0) is 17.5. The molecule has 0 atom stereocenters. The zero-order valence-electron chi connectivity index (χ0n) is 14.9. The van der Waals surface area contributed by atoms with Gasteiger partial charge in [-0.05, 0) is 43.5 Å². The molecule has 25 heavy (non-hydrogen) atoms. The van der Waals surface area contributed by atoms with Gasteiger partial charge in [-0.15, -0.1) is 0 Å². The lowest BCUT2D eigenvalue weighted by Crippen LogP contribution is -2.47. The number of anilines is 2. The quantitative estimate of drug-likeness (QED) is 0.615. The van der Waals surface area contributed by atoms with Crippen LogP contribution in [0.1, 0.15) is 18.4 Å². The van der Waals surface area contributed by atoms with Crippen LogP contribution in [0.3, 0.4) is 0 Å². The highest BCUT2D eigenvalue weighted by molar-refractivity contribution is 5.51. The molecule has 1 aromatic carbocycles. The van der Waals surface area contributed by atoms with Crippen LogP contribution in [-0.2, 0) is 6.42 Å². The molecule has 6 nitrogen and oxygen atoms in total. The van der Waals surface area contributed by atoms with Crippen LogP contribution < -0.4 is 15.4 Å². The number of benzene rings is 1. The average molecular weight is 341 g/mol.